The Morgan fingerprint density at radius 3 is 1.17 bits per heavy atom. The largest absolute Gasteiger partial charge is 0.444 e. The number of fused-ring (bicyclic) bond motifs is 3. The fourth-order valence-electron chi connectivity index (χ4n) is 12.1. The maximum absolute atomic E-state index is 13.3. The molecular weight excluding hydrogens is 1470 g/mol. The molecule has 12 rings (SSSR count). The Kier molecular flexibility index (Phi) is 35.8. The summed E-state index contributed by atoms with van der Waals surface area (Å²) in [5.41, 5.74) is 2.11. The molecule has 580 valence electrons. The highest BCUT2D eigenvalue weighted by Gasteiger charge is 2.36. The topological polar surface area (TPSA) is 350 Å². The van der Waals surface area contributed by atoms with E-state index in [0.717, 1.165) is 96.7 Å². The Labute approximate surface area is 632 Å². The molecule has 1 amide bonds. The van der Waals surface area contributed by atoms with Gasteiger partial charge in [0.05, 0.1) is 43.3 Å². The lowest BCUT2D eigenvalue weighted by atomic mass is 9.97. The summed E-state index contributed by atoms with van der Waals surface area (Å²) in [7, 11) is 1.09. The Morgan fingerprint density at radius 1 is 0.544 bits per heavy atom. The van der Waals surface area contributed by atoms with Crippen molar-refractivity contribution in [3.63, 3.8) is 0 Å². The fourth-order valence-corrected chi connectivity index (χ4v) is 14.5. The first-order chi connectivity index (χ1) is 47.1. The minimum atomic E-state index is -3.34. The normalized spacial score (nSPS) is 17.6. The maximum atomic E-state index is 13.3. The summed E-state index contributed by atoms with van der Waals surface area (Å²) < 4.78 is 66.3. The maximum Gasteiger partial charge on any atom is 0.410 e. The van der Waals surface area contributed by atoms with E-state index in [0.29, 0.717) is 114 Å². The molecular formula is C67H109Cl5N18O11S2. The van der Waals surface area contributed by atoms with Crippen molar-refractivity contribution in [1.29, 1.82) is 0 Å². The van der Waals surface area contributed by atoms with Crippen LogP contribution in [-0.2, 0) is 33.3 Å². The number of amides is 1. The molecule has 3 aliphatic heterocycles. The number of aromatic nitrogens is 12. The second kappa shape index (κ2) is 41.0. The third-order valence-corrected chi connectivity index (χ3v) is 21.9. The first-order valence-electron chi connectivity index (χ1n) is 34.2. The van der Waals surface area contributed by atoms with Gasteiger partial charge in [-0.1, -0.05) is 36.1 Å². The number of methoxy groups -OCH3 is 2. The van der Waals surface area contributed by atoms with Gasteiger partial charge in [-0.3, -0.25) is 28.1 Å². The predicted octanol–water partition coefficient (Wildman–Crippen LogP) is 11.6. The standard InChI is InChI=1S/C22H31ClN6O3.C20H29ClN6O4S.C17H23ClN6O.C3H7ClO3S.C2H6.3CH4.ClH/c1-13(15-5-6-15)29-18-16(12-25-20(23)27-18)26-17(19(29)30)24-11-14-7-9-28(10-8-14)21(31)32-22(2,3)4;1-13(15-3-4-15)27-18-16(12-23-20(21)25-18)24-17(19(27)28)22-11-14-5-7-26(8-6-14)32(29,30)10-9-31-2;1-10(12-2-3-12)24-15-13(9-21-17(18)23-15)22-14(16(24)25)20-8-11-4-6-19-7-5-11;1-7-2-3-8(4,5)6;1-2;;;;/h12-15H,5-11H2,1-4H3,(H,24,26);12-15H,3-11H2,1-2H3,(H,22,24);9-12,19H,2-8H2,1H3,(H,20,22);2-3H2,1H3;1-2H3;3*1H4;1H/t2*13-;10-;;;;;;/m000....../s1. The molecule has 103 heavy (non-hydrogen) atoms. The van der Waals surface area contributed by atoms with E-state index in [9.17, 15) is 36.0 Å². The lowest BCUT2D eigenvalue weighted by Gasteiger charge is -2.33. The van der Waals surface area contributed by atoms with Crippen LogP contribution in [0.5, 0.6) is 0 Å². The number of carbonyl (C=O) groups excluding carboxylic acids is 1. The van der Waals surface area contributed by atoms with Crippen LogP contribution in [0.4, 0.5) is 22.2 Å². The fraction of sp³-hybridized carbons (Fsp3) is 0.716. The van der Waals surface area contributed by atoms with Gasteiger partial charge < -0.3 is 40.4 Å². The Hall–Kier alpha value is -5.48. The number of rotatable bonds is 22. The molecule has 6 aromatic rings. The van der Waals surface area contributed by atoms with E-state index in [-0.39, 0.29) is 128 Å². The van der Waals surface area contributed by atoms with E-state index in [1.807, 2.05) is 48.5 Å². The summed E-state index contributed by atoms with van der Waals surface area (Å²) in [6.45, 7) is 22.3. The Balaban J connectivity index is 0.000000303. The van der Waals surface area contributed by atoms with Crippen molar-refractivity contribution in [3.05, 3.63) is 65.5 Å². The van der Waals surface area contributed by atoms with Gasteiger partial charge in [0.25, 0.3) is 16.7 Å². The van der Waals surface area contributed by atoms with Crippen molar-refractivity contribution in [3.8, 4) is 0 Å². The van der Waals surface area contributed by atoms with E-state index in [2.05, 4.69) is 77.8 Å². The van der Waals surface area contributed by atoms with Crippen LogP contribution in [0, 0.1) is 35.5 Å². The summed E-state index contributed by atoms with van der Waals surface area (Å²) in [5.74, 6) is 3.44. The van der Waals surface area contributed by atoms with Gasteiger partial charge in [0.15, 0.2) is 34.4 Å². The van der Waals surface area contributed by atoms with Crippen LogP contribution in [0.25, 0.3) is 33.5 Å². The number of sulfonamides is 1. The van der Waals surface area contributed by atoms with Gasteiger partial charge in [0.2, 0.25) is 34.9 Å². The SMILES string of the molecule is C.C.C.CC.COCCS(=O)(=O)Cl.COCCS(=O)(=O)N1CCC(CNc2nc3cnc(Cl)nc3n([C@@H](C)C3CC3)c2=O)CC1.C[C@@H](C1CC1)n1c(=O)c(NCC2CCN(C(=O)OC(C)(C)C)CC2)nc2cnc(Cl)nc21.C[C@@H](C1CC1)n1c(=O)c(NCC2CCNCC2)nc2cnc(Cl)nc21.Cl. The van der Waals surface area contributed by atoms with Crippen molar-refractivity contribution < 1.29 is 35.8 Å². The molecule has 6 aliphatic rings. The molecule has 0 bridgehead atoms. The number of nitrogens with zero attached hydrogens (tertiary/aromatic N) is 14. The minimum absolute atomic E-state index is 0. The number of carbonyl (C=O) groups is 1. The van der Waals surface area contributed by atoms with Crippen LogP contribution >= 0.6 is 57.9 Å². The lowest BCUT2D eigenvalue weighted by Crippen LogP contribution is -2.42. The molecule has 4 N–H and O–H groups in total. The number of ether oxygens (including phenoxy) is 3. The molecule has 36 heteroatoms. The van der Waals surface area contributed by atoms with E-state index < -0.39 is 24.7 Å². The molecule has 3 aliphatic carbocycles. The first kappa shape index (κ1) is 89.9. The summed E-state index contributed by atoms with van der Waals surface area (Å²) in [5, 5.41) is 13.4. The summed E-state index contributed by atoms with van der Waals surface area (Å²) in [6, 6.07) is 0.111. The number of nitrogens with one attached hydrogen (secondary N) is 4. The number of hydrogen-bond donors (Lipinski definition) is 4. The van der Waals surface area contributed by atoms with Crippen LogP contribution in [0.15, 0.2) is 33.0 Å². The van der Waals surface area contributed by atoms with Gasteiger partial charge in [0.1, 0.15) is 22.2 Å². The van der Waals surface area contributed by atoms with E-state index in [4.69, 9.17) is 55.0 Å². The number of hydrogen-bond acceptors (Lipinski definition) is 24. The predicted molar refractivity (Wildman–Crippen MR) is 414 cm³/mol. The molecule has 6 aromatic heterocycles. The van der Waals surface area contributed by atoms with Crippen LogP contribution in [0.2, 0.25) is 15.9 Å². The number of anilines is 3. The third-order valence-electron chi connectivity index (χ3n) is 18.4. The molecule has 3 saturated heterocycles. The van der Waals surface area contributed by atoms with E-state index in [1.54, 1.807) is 31.0 Å². The van der Waals surface area contributed by atoms with Crippen LogP contribution in [0.1, 0.15) is 173 Å². The van der Waals surface area contributed by atoms with Gasteiger partial charge >= 0.3 is 6.09 Å². The molecule has 0 aromatic carbocycles. The highest BCUT2D eigenvalue weighted by Crippen LogP contribution is 2.42. The molecule has 3 atom stereocenters. The summed E-state index contributed by atoms with van der Waals surface area (Å²) in [6.07, 6.45) is 16.5. The Bertz CT molecular complexity index is 4130. The van der Waals surface area contributed by atoms with Crippen LogP contribution in [-0.4, -0.2) is 194 Å². The monoisotopic (exact) mass is 1580 g/mol. The van der Waals surface area contributed by atoms with Gasteiger partial charge in [-0.2, -0.15) is 15.0 Å². The van der Waals surface area contributed by atoms with Crippen molar-refractivity contribution in [2.24, 2.45) is 35.5 Å². The number of piperidine rings is 3. The third kappa shape index (κ3) is 25.9. The van der Waals surface area contributed by atoms with Gasteiger partial charge in [-0.25, -0.2) is 55.8 Å². The van der Waals surface area contributed by atoms with Gasteiger partial charge in [-0.05, 0) is 202 Å². The van der Waals surface area contributed by atoms with Gasteiger partial charge in [0, 0.05) is 88.8 Å². The zero-order valence-corrected chi connectivity index (χ0v) is 64.1. The van der Waals surface area contributed by atoms with E-state index >= 15 is 0 Å². The summed E-state index contributed by atoms with van der Waals surface area (Å²) >= 11 is 17.9. The van der Waals surface area contributed by atoms with Crippen LogP contribution < -0.4 is 37.9 Å². The van der Waals surface area contributed by atoms with Crippen molar-refractivity contribution in [2.75, 3.05) is 114 Å². The number of halogens is 5. The summed E-state index contributed by atoms with van der Waals surface area (Å²) in [4.78, 5) is 92.0. The van der Waals surface area contributed by atoms with Crippen molar-refractivity contribution >= 4 is 134 Å². The molecule has 0 radical (unpaired) electrons. The lowest BCUT2D eigenvalue weighted by molar-refractivity contribution is 0.0188. The molecule has 9 heterocycles. The smallest absolute Gasteiger partial charge is 0.410 e. The first-order valence-corrected chi connectivity index (χ1v) is 39.5. The molecule has 0 unspecified atom stereocenters. The highest BCUT2D eigenvalue weighted by molar-refractivity contribution is 8.13. The minimum Gasteiger partial charge on any atom is -0.444 e. The zero-order valence-electron chi connectivity index (χ0n) is 58.6. The zero-order chi connectivity index (χ0) is 71.9. The average Bonchev–Trinajstić information content (AvgIpc) is 1.77. The second-order valence-corrected chi connectivity index (χ2v) is 32.8. The molecule has 0 spiro atoms. The van der Waals surface area contributed by atoms with Crippen LogP contribution in [0.3, 0.4) is 0 Å². The molecule has 29 nitrogen and oxygen atoms in total. The van der Waals surface area contributed by atoms with Crippen molar-refractivity contribution in [2.45, 2.75) is 178 Å². The molecule has 3 saturated carbocycles. The second-order valence-electron chi connectivity index (χ2n) is 26.8. The highest BCUT2D eigenvalue weighted by atomic mass is 35.7. The molecule has 6 fully saturated rings. The average molecular weight is 1580 g/mol. The van der Waals surface area contributed by atoms with Gasteiger partial charge in [-0.15, -0.1) is 12.4 Å². The van der Waals surface area contributed by atoms with E-state index in [1.165, 1.54) is 24.7 Å². The number of likely N-dealkylation sites (tertiary alicyclic amines) is 1. The Morgan fingerprint density at radius 2 is 0.864 bits per heavy atom. The van der Waals surface area contributed by atoms with Crippen molar-refractivity contribution in [1.82, 2.24) is 73.1 Å². The quantitative estimate of drug-likeness (QED) is 0.0362.